The number of ketones is 1. The minimum absolute atomic E-state index is 0.0147. The summed E-state index contributed by atoms with van der Waals surface area (Å²) in [7, 11) is 0. The molecule has 0 aromatic carbocycles. The van der Waals surface area contributed by atoms with E-state index in [1.54, 1.807) is 0 Å². The van der Waals surface area contributed by atoms with Crippen LogP contribution in [0, 0.1) is 58.2 Å². The number of ether oxygens (including phenoxy) is 2. The van der Waals surface area contributed by atoms with Gasteiger partial charge in [-0.05, 0) is 55.8 Å². The molecule has 6 rings (SSSR count). The Labute approximate surface area is 167 Å². The van der Waals surface area contributed by atoms with Crippen LogP contribution in [-0.4, -0.2) is 29.7 Å². The average Bonchev–Trinajstić information content (AvgIpc) is 3.42. The molecule has 6 fully saturated rings. The number of Topliss-reactive ketones (excluding diaryl/α,β-unsaturated/α-hetero) is 1. The van der Waals surface area contributed by atoms with Gasteiger partial charge in [0.15, 0.2) is 0 Å². The second-order valence-corrected chi connectivity index (χ2v) is 10.8. The maximum Gasteiger partial charge on any atom is 0.317 e. The lowest BCUT2D eigenvalue weighted by Gasteiger charge is -2.41. The van der Waals surface area contributed by atoms with Crippen molar-refractivity contribution in [2.45, 2.75) is 46.0 Å². The Kier molecular flexibility index (Phi) is 3.16. The summed E-state index contributed by atoms with van der Waals surface area (Å²) in [6.07, 6.45) is 3.24. The predicted molar refractivity (Wildman–Crippen MR) is 94.4 cm³/mol. The first kappa shape index (κ1) is 17.8. The van der Waals surface area contributed by atoms with Crippen molar-refractivity contribution in [3.05, 3.63) is 0 Å². The van der Waals surface area contributed by atoms with Crippen LogP contribution in [0.2, 0.25) is 0 Å². The van der Waals surface area contributed by atoms with E-state index in [0.29, 0.717) is 25.7 Å². The van der Waals surface area contributed by atoms with Crippen molar-refractivity contribution in [2.75, 3.05) is 0 Å². The van der Waals surface area contributed by atoms with Gasteiger partial charge in [-0.3, -0.25) is 24.0 Å². The van der Waals surface area contributed by atoms with Crippen molar-refractivity contribution >= 4 is 29.7 Å². The van der Waals surface area contributed by atoms with Gasteiger partial charge < -0.3 is 9.47 Å². The van der Waals surface area contributed by atoms with E-state index in [9.17, 15) is 24.0 Å². The van der Waals surface area contributed by atoms with E-state index in [0.717, 1.165) is 6.42 Å². The maximum absolute atomic E-state index is 13.9. The third-order valence-corrected chi connectivity index (χ3v) is 9.43. The fraction of sp³-hybridized carbons (Fsp3) is 0.773. The molecule has 6 aliphatic rings. The van der Waals surface area contributed by atoms with Crippen LogP contribution in [0.25, 0.3) is 0 Å². The summed E-state index contributed by atoms with van der Waals surface area (Å²) >= 11 is 0. The molecule has 0 radical (unpaired) electrons. The highest BCUT2D eigenvalue weighted by molar-refractivity contribution is 6.00. The van der Waals surface area contributed by atoms with Gasteiger partial charge in [-0.1, -0.05) is 13.8 Å². The molecule has 4 saturated carbocycles. The van der Waals surface area contributed by atoms with Gasteiger partial charge in [0.25, 0.3) is 0 Å². The van der Waals surface area contributed by atoms with E-state index in [2.05, 4.69) is 0 Å². The second kappa shape index (κ2) is 5.16. The molecule has 0 N–H and O–H groups in total. The highest BCUT2D eigenvalue weighted by atomic mass is 16.6. The average molecular weight is 400 g/mol. The first-order valence-electron chi connectivity index (χ1n) is 10.7. The number of fused-ring (bicyclic) bond motifs is 8. The summed E-state index contributed by atoms with van der Waals surface area (Å²) in [6, 6.07) is 0. The van der Waals surface area contributed by atoms with Crippen LogP contribution in [0.4, 0.5) is 0 Å². The van der Waals surface area contributed by atoms with Crippen LogP contribution in [0.5, 0.6) is 0 Å². The fourth-order valence-electron chi connectivity index (χ4n) is 8.52. The molecule has 29 heavy (non-hydrogen) atoms. The Hall–Kier alpha value is -2.05. The number of carbonyl (C=O) groups is 5. The standard InChI is InChI=1S/C22H24O7/c1-21(5-8-3-10-14(11(8)7-21)18(25)28-16(10)23)20(27)22(2)6-9-4-12(22)15-13(9)17(24)29-19(15)26/h8-15H,3-7H2,1-2H3. The van der Waals surface area contributed by atoms with E-state index < -0.39 is 46.5 Å². The zero-order chi connectivity index (χ0) is 20.5. The Bertz CT molecular complexity index is 907. The van der Waals surface area contributed by atoms with E-state index in [1.165, 1.54) is 0 Å². The number of hydrogen-bond donors (Lipinski definition) is 0. The third kappa shape index (κ3) is 1.97. The SMILES string of the molecule is CC1(C(=O)C2(C)CC3CC2C2C(=O)OC(=O)C32)CC2CC3C(=O)OC(=O)C3C2C1. The van der Waals surface area contributed by atoms with Crippen molar-refractivity contribution in [3.63, 3.8) is 0 Å². The molecule has 2 heterocycles. The van der Waals surface area contributed by atoms with Crippen LogP contribution < -0.4 is 0 Å². The minimum Gasteiger partial charge on any atom is -0.393 e. The van der Waals surface area contributed by atoms with Crippen LogP contribution in [0.15, 0.2) is 0 Å². The van der Waals surface area contributed by atoms with Gasteiger partial charge in [-0.15, -0.1) is 0 Å². The van der Waals surface area contributed by atoms with Crippen molar-refractivity contribution in [1.82, 2.24) is 0 Å². The molecular weight excluding hydrogens is 376 g/mol. The number of cyclic esters (lactones) is 4. The van der Waals surface area contributed by atoms with Gasteiger partial charge in [0, 0.05) is 10.8 Å². The zero-order valence-electron chi connectivity index (χ0n) is 16.5. The summed E-state index contributed by atoms with van der Waals surface area (Å²) in [5, 5.41) is 0. The second-order valence-electron chi connectivity index (χ2n) is 10.8. The van der Waals surface area contributed by atoms with Crippen molar-refractivity contribution in [2.24, 2.45) is 58.2 Å². The van der Waals surface area contributed by atoms with Gasteiger partial charge in [0.2, 0.25) is 0 Å². The Balaban J connectivity index is 1.28. The molecule has 10 unspecified atom stereocenters. The Morgan fingerprint density at radius 3 is 2.21 bits per heavy atom. The maximum atomic E-state index is 13.9. The number of esters is 4. The van der Waals surface area contributed by atoms with E-state index >= 15 is 0 Å². The van der Waals surface area contributed by atoms with Crippen LogP contribution in [0.3, 0.4) is 0 Å². The molecule has 2 saturated heterocycles. The number of hydrogen-bond acceptors (Lipinski definition) is 7. The molecular formula is C22H24O7. The highest BCUT2D eigenvalue weighted by Crippen LogP contribution is 2.67. The molecule has 0 aromatic rings. The van der Waals surface area contributed by atoms with Gasteiger partial charge in [-0.25, -0.2) is 0 Å². The summed E-state index contributed by atoms with van der Waals surface area (Å²) in [5.41, 5.74) is -1.22. The number of carbonyl (C=O) groups excluding carboxylic acids is 5. The van der Waals surface area contributed by atoms with Gasteiger partial charge >= 0.3 is 23.9 Å². The first-order valence-corrected chi connectivity index (χ1v) is 10.7. The molecule has 10 atom stereocenters. The topological polar surface area (TPSA) is 104 Å². The van der Waals surface area contributed by atoms with Crippen LogP contribution in [0.1, 0.15) is 46.0 Å². The molecule has 2 bridgehead atoms. The Morgan fingerprint density at radius 2 is 1.45 bits per heavy atom. The summed E-state index contributed by atoms with van der Waals surface area (Å²) in [5.74, 6) is -3.05. The molecule has 7 nitrogen and oxygen atoms in total. The monoisotopic (exact) mass is 400 g/mol. The summed E-state index contributed by atoms with van der Waals surface area (Å²) in [6.45, 7) is 3.94. The summed E-state index contributed by atoms with van der Waals surface area (Å²) in [4.78, 5) is 62.4. The highest BCUT2D eigenvalue weighted by Gasteiger charge is 2.71. The van der Waals surface area contributed by atoms with Crippen molar-refractivity contribution in [1.29, 1.82) is 0 Å². The van der Waals surface area contributed by atoms with E-state index in [-0.39, 0.29) is 41.3 Å². The number of rotatable bonds is 2. The van der Waals surface area contributed by atoms with Crippen molar-refractivity contribution < 1.29 is 33.4 Å². The first-order chi connectivity index (χ1) is 13.6. The lowest BCUT2D eigenvalue weighted by molar-refractivity contribution is -0.157. The van der Waals surface area contributed by atoms with Gasteiger partial charge in [-0.2, -0.15) is 0 Å². The lowest BCUT2D eigenvalue weighted by Crippen LogP contribution is -2.47. The minimum atomic E-state index is -0.645. The largest absolute Gasteiger partial charge is 0.393 e. The fourth-order valence-corrected chi connectivity index (χ4v) is 8.52. The smallest absolute Gasteiger partial charge is 0.317 e. The van der Waals surface area contributed by atoms with Crippen molar-refractivity contribution in [3.8, 4) is 0 Å². The van der Waals surface area contributed by atoms with Gasteiger partial charge in [0.05, 0.1) is 23.7 Å². The molecule has 0 spiro atoms. The molecule has 4 aliphatic carbocycles. The zero-order valence-corrected chi connectivity index (χ0v) is 16.5. The molecule has 0 amide bonds. The predicted octanol–water partition coefficient (Wildman–Crippen LogP) is 1.67. The van der Waals surface area contributed by atoms with Crippen LogP contribution in [-0.2, 0) is 33.4 Å². The lowest BCUT2D eigenvalue weighted by atomic mass is 9.59. The summed E-state index contributed by atoms with van der Waals surface area (Å²) < 4.78 is 9.74. The Morgan fingerprint density at radius 1 is 0.793 bits per heavy atom. The third-order valence-electron chi connectivity index (χ3n) is 9.43. The molecule has 2 aliphatic heterocycles. The van der Waals surface area contributed by atoms with Gasteiger partial charge in [0.1, 0.15) is 5.78 Å². The normalized spacial score (nSPS) is 54.4. The molecule has 154 valence electrons. The molecule has 0 aromatic heterocycles. The van der Waals surface area contributed by atoms with Crippen LogP contribution >= 0.6 is 0 Å². The quantitative estimate of drug-likeness (QED) is 0.513. The molecule has 7 heteroatoms. The van der Waals surface area contributed by atoms with E-state index in [1.807, 2.05) is 13.8 Å². The van der Waals surface area contributed by atoms with E-state index in [4.69, 9.17) is 9.47 Å².